The third-order valence-corrected chi connectivity index (χ3v) is 6.80. The number of halogens is 2. The van der Waals surface area contributed by atoms with E-state index in [1.165, 1.54) is 16.4 Å². The van der Waals surface area contributed by atoms with Crippen LogP contribution in [-0.2, 0) is 19.6 Å². The van der Waals surface area contributed by atoms with Gasteiger partial charge in [0.15, 0.2) is 0 Å². The van der Waals surface area contributed by atoms with Crippen molar-refractivity contribution in [1.29, 1.82) is 0 Å². The van der Waals surface area contributed by atoms with Crippen LogP contribution in [0.1, 0.15) is 12.8 Å². The second kappa shape index (κ2) is 8.49. The Morgan fingerprint density at radius 1 is 1.29 bits per heavy atom. The second-order valence-electron chi connectivity index (χ2n) is 5.51. The van der Waals surface area contributed by atoms with Gasteiger partial charge in [0, 0.05) is 32.7 Å². The van der Waals surface area contributed by atoms with Crippen molar-refractivity contribution in [3.63, 3.8) is 0 Å². The number of carbonyl (C=O) groups excluding carboxylic acids is 1. The molecule has 2 rings (SSSR count). The summed E-state index contributed by atoms with van der Waals surface area (Å²) in [5.74, 6) is -0.269. The van der Waals surface area contributed by atoms with Crippen LogP contribution in [0.2, 0.25) is 10.0 Å². The summed E-state index contributed by atoms with van der Waals surface area (Å²) in [5, 5.41) is 2.98. The van der Waals surface area contributed by atoms with Crippen molar-refractivity contribution in [1.82, 2.24) is 9.62 Å². The van der Waals surface area contributed by atoms with Crippen molar-refractivity contribution in [3.8, 4) is 0 Å². The Kier molecular flexibility index (Phi) is 6.88. The van der Waals surface area contributed by atoms with Gasteiger partial charge in [0.1, 0.15) is 4.90 Å². The normalized spacial score (nSPS) is 17.0. The molecule has 1 heterocycles. The van der Waals surface area contributed by atoms with Crippen molar-refractivity contribution < 1.29 is 17.9 Å². The number of sulfonamides is 1. The fourth-order valence-corrected chi connectivity index (χ4v) is 5.20. The SMILES string of the molecule is COCCNC(=O)C1CCN(S(=O)(=O)c2c(Cl)cccc2Cl)CC1. The van der Waals surface area contributed by atoms with Gasteiger partial charge in [-0.1, -0.05) is 29.3 Å². The fraction of sp³-hybridized carbons (Fsp3) is 0.533. The lowest BCUT2D eigenvalue weighted by molar-refractivity contribution is -0.126. The first-order valence-corrected chi connectivity index (χ1v) is 9.78. The third-order valence-electron chi connectivity index (χ3n) is 3.95. The molecule has 0 unspecified atom stereocenters. The molecule has 24 heavy (non-hydrogen) atoms. The number of carbonyl (C=O) groups is 1. The van der Waals surface area contributed by atoms with E-state index in [9.17, 15) is 13.2 Å². The first-order chi connectivity index (χ1) is 11.4. The van der Waals surface area contributed by atoms with Crippen LogP contribution in [-0.4, -0.2) is 52.0 Å². The number of nitrogens with one attached hydrogen (secondary N) is 1. The first-order valence-electron chi connectivity index (χ1n) is 7.58. The van der Waals surface area contributed by atoms with E-state index in [1.807, 2.05) is 0 Å². The van der Waals surface area contributed by atoms with Crippen molar-refractivity contribution >= 4 is 39.1 Å². The maximum absolute atomic E-state index is 12.8. The fourth-order valence-electron chi connectivity index (χ4n) is 2.64. The molecule has 0 aromatic heterocycles. The number of piperidine rings is 1. The molecule has 1 fully saturated rings. The van der Waals surface area contributed by atoms with Gasteiger partial charge in [0.05, 0.1) is 16.7 Å². The molecule has 1 aliphatic rings. The number of benzene rings is 1. The summed E-state index contributed by atoms with van der Waals surface area (Å²) in [6.45, 7) is 1.41. The van der Waals surface area contributed by atoms with Gasteiger partial charge in [-0.2, -0.15) is 4.31 Å². The summed E-state index contributed by atoms with van der Waals surface area (Å²) in [6.07, 6.45) is 0.917. The third kappa shape index (κ3) is 4.40. The molecule has 1 aromatic carbocycles. The Labute approximate surface area is 152 Å². The topological polar surface area (TPSA) is 75.7 Å². The average molecular weight is 395 g/mol. The summed E-state index contributed by atoms with van der Waals surface area (Å²) < 4.78 is 31.7. The number of methoxy groups -OCH3 is 1. The monoisotopic (exact) mass is 394 g/mol. The van der Waals surface area contributed by atoms with E-state index in [1.54, 1.807) is 13.2 Å². The highest BCUT2D eigenvalue weighted by atomic mass is 35.5. The van der Waals surface area contributed by atoms with Gasteiger partial charge in [-0.3, -0.25) is 4.79 Å². The second-order valence-corrected chi connectivity index (χ2v) is 8.20. The van der Waals surface area contributed by atoms with Crippen LogP contribution >= 0.6 is 23.2 Å². The van der Waals surface area contributed by atoms with Crippen LogP contribution in [0.5, 0.6) is 0 Å². The summed E-state index contributed by atoms with van der Waals surface area (Å²) in [4.78, 5) is 12.0. The lowest BCUT2D eigenvalue weighted by atomic mass is 9.97. The van der Waals surface area contributed by atoms with Crippen LogP contribution in [0, 0.1) is 5.92 Å². The quantitative estimate of drug-likeness (QED) is 0.749. The highest BCUT2D eigenvalue weighted by molar-refractivity contribution is 7.89. The zero-order chi connectivity index (χ0) is 17.7. The molecule has 1 aliphatic heterocycles. The molecule has 134 valence electrons. The van der Waals surface area contributed by atoms with Crippen LogP contribution in [0.15, 0.2) is 23.1 Å². The largest absolute Gasteiger partial charge is 0.383 e. The van der Waals surface area contributed by atoms with Crippen LogP contribution in [0.3, 0.4) is 0 Å². The van der Waals surface area contributed by atoms with Gasteiger partial charge in [0.25, 0.3) is 0 Å². The van der Waals surface area contributed by atoms with E-state index in [0.717, 1.165) is 0 Å². The molecular formula is C15H20Cl2N2O4S. The number of ether oxygens (including phenoxy) is 1. The molecule has 0 saturated carbocycles. The minimum Gasteiger partial charge on any atom is -0.383 e. The van der Waals surface area contributed by atoms with Gasteiger partial charge in [0.2, 0.25) is 15.9 Å². The molecule has 0 radical (unpaired) electrons. The molecule has 0 aliphatic carbocycles. The Hall–Kier alpha value is -0.860. The zero-order valence-electron chi connectivity index (χ0n) is 13.3. The van der Waals surface area contributed by atoms with E-state index in [0.29, 0.717) is 26.0 Å². The van der Waals surface area contributed by atoms with Crippen LogP contribution in [0.4, 0.5) is 0 Å². The molecule has 6 nitrogen and oxygen atoms in total. The highest BCUT2D eigenvalue weighted by Gasteiger charge is 2.34. The molecule has 0 bridgehead atoms. The summed E-state index contributed by atoms with van der Waals surface area (Å²) in [7, 11) is -2.21. The van der Waals surface area contributed by atoms with Crippen LogP contribution < -0.4 is 5.32 Å². The standard InChI is InChI=1S/C15H20Cl2N2O4S/c1-23-10-7-18-15(20)11-5-8-19(9-6-11)24(21,22)14-12(16)3-2-4-13(14)17/h2-4,11H,5-10H2,1H3,(H,18,20). The lowest BCUT2D eigenvalue weighted by Crippen LogP contribution is -2.43. The van der Waals surface area contributed by atoms with Crippen molar-refractivity contribution in [2.45, 2.75) is 17.7 Å². The molecule has 9 heteroatoms. The van der Waals surface area contributed by atoms with E-state index < -0.39 is 10.0 Å². The maximum Gasteiger partial charge on any atom is 0.246 e. The molecule has 1 saturated heterocycles. The molecular weight excluding hydrogens is 375 g/mol. The minimum atomic E-state index is -3.78. The van der Waals surface area contributed by atoms with Gasteiger partial charge in [-0.05, 0) is 25.0 Å². The first kappa shape index (κ1) is 19.5. The Morgan fingerprint density at radius 3 is 2.42 bits per heavy atom. The van der Waals surface area contributed by atoms with Crippen molar-refractivity contribution in [3.05, 3.63) is 28.2 Å². The summed E-state index contributed by atoms with van der Waals surface area (Å²) in [6, 6.07) is 4.59. The Balaban J connectivity index is 2.02. The van der Waals surface area contributed by atoms with Gasteiger partial charge in [-0.15, -0.1) is 0 Å². The predicted molar refractivity (Wildman–Crippen MR) is 92.8 cm³/mol. The summed E-state index contributed by atoms with van der Waals surface area (Å²) in [5.41, 5.74) is 0. The summed E-state index contributed by atoms with van der Waals surface area (Å²) >= 11 is 12.0. The predicted octanol–water partition coefficient (Wildman–Crippen LogP) is 2.16. The van der Waals surface area contributed by atoms with E-state index in [4.69, 9.17) is 27.9 Å². The van der Waals surface area contributed by atoms with E-state index in [2.05, 4.69) is 5.32 Å². The van der Waals surface area contributed by atoms with Gasteiger partial charge in [-0.25, -0.2) is 8.42 Å². The molecule has 1 amide bonds. The Bertz CT molecular complexity index is 668. The smallest absolute Gasteiger partial charge is 0.246 e. The zero-order valence-corrected chi connectivity index (χ0v) is 15.6. The molecule has 0 spiro atoms. The number of rotatable bonds is 6. The van der Waals surface area contributed by atoms with E-state index in [-0.39, 0.29) is 39.9 Å². The molecule has 1 aromatic rings. The lowest BCUT2D eigenvalue weighted by Gasteiger charge is -2.31. The maximum atomic E-state index is 12.8. The molecule has 0 atom stereocenters. The number of amides is 1. The number of hydrogen-bond donors (Lipinski definition) is 1. The van der Waals surface area contributed by atoms with Crippen molar-refractivity contribution in [2.75, 3.05) is 33.4 Å². The molecule has 1 N–H and O–H groups in total. The van der Waals surface area contributed by atoms with Crippen LogP contribution in [0.25, 0.3) is 0 Å². The average Bonchev–Trinajstić information content (AvgIpc) is 2.54. The van der Waals surface area contributed by atoms with Gasteiger partial charge < -0.3 is 10.1 Å². The van der Waals surface area contributed by atoms with Crippen molar-refractivity contribution in [2.24, 2.45) is 5.92 Å². The number of nitrogens with zero attached hydrogens (tertiary/aromatic N) is 1. The van der Waals surface area contributed by atoms with E-state index >= 15 is 0 Å². The van der Waals surface area contributed by atoms with Gasteiger partial charge >= 0.3 is 0 Å². The highest BCUT2D eigenvalue weighted by Crippen LogP contribution is 2.33. The number of hydrogen-bond acceptors (Lipinski definition) is 4. The minimum absolute atomic E-state index is 0.0696. The Morgan fingerprint density at radius 2 is 1.88 bits per heavy atom.